The summed E-state index contributed by atoms with van der Waals surface area (Å²) in [5.74, 6) is 6.16. The first-order chi connectivity index (χ1) is 22.4. The molecule has 10 heteroatoms. The summed E-state index contributed by atoms with van der Waals surface area (Å²) in [6.45, 7) is 10.2. The number of hydrogen-bond acceptors (Lipinski definition) is 7. The molecule has 1 saturated heterocycles. The molecule has 2 aliphatic carbocycles. The Hall–Kier alpha value is -3.42. The van der Waals surface area contributed by atoms with E-state index < -0.39 is 5.97 Å². The number of amides is 2. The van der Waals surface area contributed by atoms with E-state index in [1.807, 2.05) is 31.7 Å². The van der Waals surface area contributed by atoms with E-state index in [4.69, 9.17) is 4.74 Å². The first-order valence-electron chi connectivity index (χ1n) is 17.2. The van der Waals surface area contributed by atoms with Crippen LogP contribution < -0.4 is 15.0 Å². The molecule has 3 aliphatic rings. The van der Waals surface area contributed by atoms with Crippen LogP contribution >= 0.6 is 11.3 Å². The molecule has 0 spiro atoms. The summed E-state index contributed by atoms with van der Waals surface area (Å²) in [4.78, 5) is 49.0. The predicted octanol–water partition coefficient (Wildman–Crippen LogP) is 6.61. The number of hydrogen-bond donors (Lipinski definition) is 2. The third-order valence-corrected chi connectivity index (χ3v) is 10.7. The number of aromatic nitrogens is 1. The van der Waals surface area contributed by atoms with Gasteiger partial charge in [0.15, 0.2) is 0 Å². The second kappa shape index (κ2) is 15.2. The Bertz CT molecular complexity index is 1480. The smallest absolute Gasteiger partial charge is 0.348 e. The van der Waals surface area contributed by atoms with Gasteiger partial charge in [0, 0.05) is 41.2 Å². The van der Waals surface area contributed by atoms with Crippen LogP contribution in [0.25, 0.3) is 0 Å². The summed E-state index contributed by atoms with van der Waals surface area (Å²) in [5, 5.41) is 13.4. The summed E-state index contributed by atoms with van der Waals surface area (Å²) >= 11 is 1.15. The van der Waals surface area contributed by atoms with E-state index in [1.165, 1.54) is 0 Å². The van der Waals surface area contributed by atoms with Gasteiger partial charge >= 0.3 is 5.97 Å². The number of thiophene rings is 1. The number of pyridine rings is 1. The van der Waals surface area contributed by atoms with Crippen LogP contribution in [0.1, 0.15) is 117 Å². The SMILES string of the molecule is CC1CCC(C(=O)N(c2cc(C#CC(C)(C)C)sc2C(=O)O)[C@H]2CC[C@H](Oc3cc(C(=O)NC4CCN(C)CC4)ccn3)CC2)CC1. The van der Waals surface area contributed by atoms with E-state index in [-0.39, 0.29) is 46.2 Å². The van der Waals surface area contributed by atoms with Gasteiger partial charge in [-0.1, -0.05) is 18.8 Å². The molecule has 47 heavy (non-hydrogen) atoms. The van der Waals surface area contributed by atoms with Crippen molar-refractivity contribution >= 4 is 34.8 Å². The van der Waals surface area contributed by atoms with Crippen LogP contribution in [-0.2, 0) is 4.79 Å². The fourth-order valence-electron chi connectivity index (χ4n) is 6.85. The molecule has 0 radical (unpaired) electrons. The van der Waals surface area contributed by atoms with E-state index in [2.05, 4.69) is 41.0 Å². The number of piperidine rings is 1. The summed E-state index contributed by atoms with van der Waals surface area (Å²) in [5.41, 5.74) is 0.773. The predicted molar refractivity (Wildman–Crippen MR) is 185 cm³/mol. The van der Waals surface area contributed by atoms with Crippen molar-refractivity contribution in [1.29, 1.82) is 0 Å². The van der Waals surface area contributed by atoms with Crippen molar-refractivity contribution in [3.05, 3.63) is 39.7 Å². The van der Waals surface area contributed by atoms with Crippen LogP contribution in [-0.4, -0.2) is 71.1 Å². The number of carboxylic acid groups (broad SMARTS) is 1. The number of aromatic carboxylic acids is 1. The van der Waals surface area contributed by atoms with Crippen molar-refractivity contribution in [2.24, 2.45) is 17.3 Å². The van der Waals surface area contributed by atoms with Crippen molar-refractivity contribution in [3.63, 3.8) is 0 Å². The molecule has 9 nitrogen and oxygen atoms in total. The minimum atomic E-state index is -1.04. The van der Waals surface area contributed by atoms with Gasteiger partial charge in [0.25, 0.3) is 5.91 Å². The molecule has 0 unspecified atom stereocenters. The van der Waals surface area contributed by atoms with Gasteiger partial charge in [0.05, 0.1) is 10.6 Å². The van der Waals surface area contributed by atoms with Crippen LogP contribution in [0, 0.1) is 29.1 Å². The average molecular weight is 663 g/mol. The molecule has 3 fully saturated rings. The number of anilines is 1. The van der Waals surface area contributed by atoms with Gasteiger partial charge in [-0.2, -0.15) is 0 Å². The lowest BCUT2D eigenvalue weighted by Gasteiger charge is -2.39. The zero-order valence-corrected chi connectivity index (χ0v) is 29.3. The number of likely N-dealkylation sites (tertiary alicyclic amines) is 1. The molecule has 0 bridgehead atoms. The van der Waals surface area contributed by atoms with Crippen LogP contribution in [0.4, 0.5) is 5.69 Å². The third kappa shape index (κ3) is 9.35. The number of carbonyl (C=O) groups excluding carboxylic acids is 2. The Labute approximate surface area is 283 Å². The summed E-state index contributed by atoms with van der Waals surface area (Å²) in [6.07, 6.45) is 9.75. The van der Waals surface area contributed by atoms with Crippen molar-refractivity contribution < 1.29 is 24.2 Å². The molecule has 2 amide bonds. The first-order valence-corrected chi connectivity index (χ1v) is 18.0. The maximum absolute atomic E-state index is 14.3. The number of carbonyl (C=O) groups is 3. The number of rotatable bonds is 8. The highest BCUT2D eigenvalue weighted by atomic mass is 32.1. The maximum Gasteiger partial charge on any atom is 0.348 e. The molecule has 2 N–H and O–H groups in total. The van der Waals surface area contributed by atoms with Crippen molar-refractivity contribution in [2.45, 2.75) is 110 Å². The van der Waals surface area contributed by atoms with E-state index in [9.17, 15) is 19.5 Å². The second-order valence-electron chi connectivity index (χ2n) is 14.8. The molecule has 5 rings (SSSR count). The second-order valence-corrected chi connectivity index (χ2v) is 15.8. The standard InChI is InChI=1S/C37H50N4O5S/c1-24-6-8-25(9-7-24)35(43)41(31-23-30(14-18-37(2,3)4)47-33(31)36(44)45)28-10-12-29(13-11-28)46-32-22-26(15-19-38-32)34(42)39-27-16-20-40(5)21-17-27/h15,19,22-25,27-29H,6-13,16-17,20-21H2,1-5H3,(H,39,42)(H,44,45)/t24?,25?,28-,29-. The average Bonchev–Trinajstić information content (AvgIpc) is 3.46. The first kappa shape index (κ1) is 34.9. The molecule has 254 valence electrons. The highest BCUT2D eigenvalue weighted by molar-refractivity contribution is 7.15. The Morgan fingerprint density at radius 3 is 2.34 bits per heavy atom. The molecular weight excluding hydrogens is 612 g/mol. The molecule has 0 atom stereocenters. The maximum atomic E-state index is 14.3. The van der Waals surface area contributed by atoms with Crippen LogP contribution in [0.3, 0.4) is 0 Å². The van der Waals surface area contributed by atoms with Crippen LogP contribution in [0.5, 0.6) is 5.88 Å². The van der Waals surface area contributed by atoms with Gasteiger partial charge in [0.1, 0.15) is 11.0 Å². The van der Waals surface area contributed by atoms with E-state index >= 15 is 0 Å². The molecule has 0 aromatic carbocycles. The number of nitrogens with one attached hydrogen (secondary N) is 1. The van der Waals surface area contributed by atoms with Crippen LogP contribution in [0.15, 0.2) is 24.4 Å². The number of nitrogens with zero attached hydrogens (tertiary/aromatic N) is 3. The lowest BCUT2D eigenvalue weighted by Crippen LogP contribution is -2.47. The van der Waals surface area contributed by atoms with Gasteiger partial charge in [-0.15, -0.1) is 11.3 Å². The van der Waals surface area contributed by atoms with E-state index in [0.717, 1.165) is 63.0 Å². The Morgan fingerprint density at radius 2 is 1.70 bits per heavy atom. The molecular formula is C37H50N4O5S. The zero-order chi connectivity index (χ0) is 33.7. The van der Waals surface area contributed by atoms with Gasteiger partial charge in [0.2, 0.25) is 11.8 Å². The highest BCUT2D eigenvalue weighted by Gasteiger charge is 2.38. The third-order valence-electron chi connectivity index (χ3n) is 9.68. The van der Waals surface area contributed by atoms with E-state index in [1.54, 1.807) is 18.3 Å². The van der Waals surface area contributed by atoms with E-state index in [0.29, 0.717) is 53.6 Å². The molecule has 3 heterocycles. The molecule has 1 aliphatic heterocycles. The summed E-state index contributed by atoms with van der Waals surface area (Å²) in [7, 11) is 2.10. The summed E-state index contributed by atoms with van der Waals surface area (Å²) in [6, 6.07) is 5.26. The highest BCUT2D eigenvalue weighted by Crippen LogP contribution is 2.39. The number of carboxylic acids is 1. The largest absolute Gasteiger partial charge is 0.477 e. The quantitative estimate of drug-likeness (QED) is 0.306. The summed E-state index contributed by atoms with van der Waals surface area (Å²) < 4.78 is 6.29. The topological polar surface area (TPSA) is 112 Å². The van der Waals surface area contributed by atoms with Gasteiger partial charge in [-0.05, 0) is 123 Å². The monoisotopic (exact) mass is 662 g/mol. The Kier molecular flexibility index (Phi) is 11.3. The normalized spacial score (nSPS) is 24.1. The minimum absolute atomic E-state index is 0.0295. The lowest BCUT2D eigenvalue weighted by molar-refractivity contribution is -0.124. The molecule has 2 aromatic rings. The molecule has 2 saturated carbocycles. The Morgan fingerprint density at radius 1 is 1.02 bits per heavy atom. The van der Waals surface area contributed by atoms with Crippen molar-refractivity contribution in [1.82, 2.24) is 15.2 Å². The molecule has 2 aromatic heterocycles. The van der Waals surface area contributed by atoms with Gasteiger partial charge in [-0.3, -0.25) is 9.59 Å². The van der Waals surface area contributed by atoms with Gasteiger partial charge in [-0.25, -0.2) is 9.78 Å². The number of ether oxygens (including phenoxy) is 1. The van der Waals surface area contributed by atoms with Crippen molar-refractivity contribution in [2.75, 3.05) is 25.0 Å². The minimum Gasteiger partial charge on any atom is -0.477 e. The lowest BCUT2D eigenvalue weighted by atomic mass is 9.81. The van der Waals surface area contributed by atoms with Crippen molar-refractivity contribution in [3.8, 4) is 17.7 Å². The fourth-order valence-corrected chi connectivity index (χ4v) is 7.69. The van der Waals surface area contributed by atoms with Gasteiger partial charge < -0.3 is 25.0 Å². The zero-order valence-electron chi connectivity index (χ0n) is 28.5. The van der Waals surface area contributed by atoms with Crippen LogP contribution in [0.2, 0.25) is 0 Å². The fraction of sp³-hybridized carbons (Fsp3) is 0.622. The Balaban J connectivity index is 1.30.